The van der Waals surface area contributed by atoms with Gasteiger partial charge in [-0.3, -0.25) is 4.79 Å². The van der Waals surface area contributed by atoms with Gasteiger partial charge in [-0.05, 0) is 30.2 Å². The Morgan fingerprint density at radius 1 is 1.53 bits per heavy atom. The van der Waals surface area contributed by atoms with Crippen LogP contribution in [0.2, 0.25) is 5.02 Å². The van der Waals surface area contributed by atoms with Gasteiger partial charge in [-0.2, -0.15) is 0 Å². The van der Waals surface area contributed by atoms with Crippen molar-refractivity contribution in [1.29, 1.82) is 0 Å². The standard InChI is InChI=1S/C13H19ClN2O/c1-4-9(2)13(17)16(3)8-10-7-11(15)5-6-12(10)14/h5-7,9H,4,8,15H2,1-3H3. The number of carbonyl (C=O) groups is 1. The zero-order valence-corrected chi connectivity index (χ0v) is 11.3. The molecule has 1 amide bonds. The maximum atomic E-state index is 11.9. The Hall–Kier alpha value is -1.22. The molecule has 3 nitrogen and oxygen atoms in total. The molecule has 0 spiro atoms. The van der Waals surface area contributed by atoms with Crippen LogP contribution in [-0.2, 0) is 11.3 Å². The van der Waals surface area contributed by atoms with E-state index in [9.17, 15) is 4.79 Å². The van der Waals surface area contributed by atoms with Crippen LogP contribution in [0.5, 0.6) is 0 Å². The van der Waals surface area contributed by atoms with Crippen LogP contribution in [0.1, 0.15) is 25.8 Å². The third kappa shape index (κ3) is 3.63. The second-order valence-electron chi connectivity index (χ2n) is 4.35. The first-order valence-electron chi connectivity index (χ1n) is 5.74. The van der Waals surface area contributed by atoms with Gasteiger partial charge in [-0.15, -0.1) is 0 Å². The molecule has 0 aromatic heterocycles. The van der Waals surface area contributed by atoms with Gasteiger partial charge in [0.1, 0.15) is 0 Å². The molecule has 1 unspecified atom stereocenters. The molecular weight excluding hydrogens is 236 g/mol. The minimum absolute atomic E-state index is 0.0415. The number of anilines is 1. The zero-order valence-electron chi connectivity index (χ0n) is 10.5. The molecule has 0 saturated heterocycles. The number of nitrogens with two attached hydrogens (primary N) is 1. The topological polar surface area (TPSA) is 46.3 Å². The first-order valence-corrected chi connectivity index (χ1v) is 6.12. The number of carbonyl (C=O) groups excluding carboxylic acids is 1. The largest absolute Gasteiger partial charge is 0.399 e. The molecule has 0 aliphatic heterocycles. The van der Waals surface area contributed by atoms with E-state index < -0.39 is 0 Å². The van der Waals surface area contributed by atoms with Gasteiger partial charge >= 0.3 is 0 Å². The highest BCUT2D eigenvalue weighted by molar-refractivity contribution is 6.31. The maximum absolute atomic E-state index is 11.9. The van der Waals surface area contributed by atoms with Crippen molar-refractivity contribution in [1.82, 2.24) is 4.90 Å². The van der Waals surface area contributed by atoms with E-state index in [1.165, 1.54) is 0 Å². The highest BCUT2D eigenvalue weighted by Crippen LogP contribution is 2.21. The van der Waals surface area contributed by atoms with Crippen molar-refractivity contribution in [3.63, 3.8) is 0 Å². The lowest BCUT2D eigenvalue weighted by Gasteiger charge is -2.21. The Labute approximate surface area is 108 Å². The lowest BCUT2D eigenvalue weighted by atomic mass is 10.1. The van der Waals surface area contributed by atoms with Gasteiger partial charge < -0.3 is 10.6 Å². The SMILES string of the molecule is CCC(C)C(=O)N(C)Cc1cc(N)ccc1Cl. The van der Waals surface area contributed by atoms with Crippen LogP contribution >= 0.6 is 11.6 Å². The molecule has 0 aliphatic carbocycles. The molecule has 1 atom stereocenters. The molecule has 17 heavy (non-hydrogen) atoms. The van der Waals surface area contributed by atoms with E-state index >= 15 is 0 Å². The van der Waals surface area contributed by atoms with E-state index in [4.69, 9.17) is 17.3 Å². The summed E-state index contributed by atoms with van der Waals surface area (Å²) in [5, 5.41) is 0.642. The minimum atomic E-state index is 0.0415. The van der Waals surface area contributed by atoms with Crippen LogP contribution in [0.25, 0.3) is 0 Å². The molecular formula is C13H19ClN2O. The summed E-state index contributed by atoms with van der Waals surface area (Å²) in [5.41, 5.74) is 7.24. The lowest BCUT2D eigenvalue weighted by Crippen LogP contribution is -2.31. The molecule has 0 saturated carbocycles. The van der Waals surface area contributed by atoms with Crippen molar-refractivity contribution < 1.29 is 4.79 Å². The average Bonchev–Trinajstić information content (AvgIpc) is 2.31. The summed E-state index contributed by atoms with van der Waals surface area (Å²) in [6.07, 6.45) is 0.841. The highest BCUT2D eigenvalue weighted by Gasteiger charge is 2.16. The van der Waals surface area contributed by atoms with Crippen molar-refractivity contribution in [2.45, 2.75) is 26.8 Å². The molecule has 1 aromatic rings. The first kappa shape index (κ1) is 13.8. The van der Waals surface area contributed by atoms with Crippen LogP contribution in [0.15, 0.2) is 18.2 Å². The monoisotopic (exact) mass is 254 g/mol. The van der Waals surface area contributed by atoms with Crippen molar-refractivity contribution in [3.8, 4) is 0 Å². The van der Waals surface area contributed by atoms with Crippen LogP contribution < -0.4 is 5.73 Å². The van der Waals surface area contributed by atoms with Crippen molar-refractivity contribution in [2.75, 3.05) is 12.8 Å². The summed E-state index contributed by atoms with van der Waals surface area (Å²) in [6.45, 7) is 4.43. The summed E-state index contributed by atoms with van der Waals surface area (Å²) in [7, 11) is 1.79. The van der Waals surface area contributed by atoms with Crippen LogP contribution in [0.3, 0.4) is 0 Å². The van der Waals surface area contributed by atoms with Gasteiger partial charge in [0.25, 0.3) is 0 Å². The number of halogens is 1. The predicted octanol–water partition coefficient (Wildman–Crippen LogP) is 2.93. The number of benzene rings is 1. The summed E-state index contributed by atoms with van der Waals surface area (Å²) in [4.78, 5) is 13.6. The molecule has 94 valence electrons. The summed E-state index contributed by atoms with van der Waals surface area (Å²) in [5.74, 6) is 0.172. The molecule has 2 N–H and O–H groups in total. The quantitative estimate of drug-likeness (QED) is 0.840. The number of hydrogen-bond acceptors (Lipinski definition) is 2. The van der Waals surface area contributed by atoms with Gasteiger partial charge in [-0.1, -0.05) is 25.4 Å². The first-order chi connectivity index (χ1) is 7.95. The fourth-order valence-electron chi connectivity index (χ4n) is 1.60. The van der Waals surface area contributed by atoms with E-state index in [0.717, 1.165) is 12.0 Å². The van der Waals surface area contributed by atoms with Crippen molar-refractivity contribution in [3.05, 3.63) is 28.8 Å². The van der Waals surface area contributed by atoms with E-state index in [-0.39, 0.29) is 11.8 Å². The minimum Gasteiger partial charge on any atom is -0.399 e. The smallest absolute Gasteiger partial charge is 0.225 e. The molecule has 0 fully saturated rings. The van der Waals surface area contributed by atoms with Gasteiger partial charge in [0, 0.05) is 30.2 Å². The van der Waals surface area contributed by atoms with Crippen molar-refractivity contribution >= 4 is 23.2 Å². The van der Waals surface area contributed by atoms with Crippen LogP contribution in [-0.4, -0.2) is 17.9 Å². The molecule has 1 rings (SSSR count). The number of amides is 1. The lowest BCUT2D eigenvalue weighted by molar-refractivity contribution is -0.134. The highest BCUT2D eigenvalue weighted by atomic mass is 35.5. The van der Waals surface area contributed by atoms with E-state index in [1.807, 2.05) is 19.9 Å². The third-order valence-corrected chi connectivity index (χ3v) is 3.26. The van der Waals surface area contributed by atoms with Gasteiger partial charge in [0.05, 0.1) is 0 Å². The summed E-state index contributed by atoms with van der Waals surface area (Å²) in [6, 6.07) is 5.32. The van der Waals surface area contributed by atoms with Gasteiger partial charge in [0.2, 0.25) is 5.91 Å². The second-order valence-corrected chi connectivity index (χ2v) is 4.76. The third-order valence-electron chi connectivity index (χ3n) is 2.89. The Bertz CT molecular complexity index is 406. The van der Waals surface area contributed by atoms with E-state index in [1.54, 1.807) is 24.1 Å². The maximum Gasteiger partial charge on any atom is 0.225 e. The predicted molar refractivity (Wildman–Crippen MR) is 71.8 cm³/mol. The second kappa shape index (κ2) is 5.92. The number of hydrogen-bond donors (Lipinski definition) is 1. The van der Waals surface area contributed by atoms with Crippen LogP contribution in [0, 0.1) is 5.92 Å². The van der Waals surface area contributed by atoms with E-state index in [0.29, 0.717) is 17.3 Å². The molecule has 0 heterocycles. The van der Waals surface area contributed by atoms with Crippen molar-refractivity contribution in [2.24, 2.45) is 5.92 Å². The number of rotatable bonds is 4. The Morgan fingerprint density at radius 2 is 2.18 bits per heavy atom. The molecule has 4 heteroatoms. The fourth-order valence-corrected chi connectivity index (χ4v) is 1.78. The zero-order chi connectivity index (χ0) is 13.0. The van der Waals surface area contributed by atoms with Gasteiger partial charge in [-0.25, -0.2) is 0 Å². The van der Waals surface area contributed by atoms with Crippen LogP contribution in [0.4, 0.5) is 5.69 Å². The van der Waals surface area contributed by atoms with E-state index in [2.05, 4.69) is 0 Å². The van der Waals surface area contributed by atoms with Gasteiger partial charge in [0.15, 0.2) is 0 Å². The Kier molecular flexibility index (Phi) is 4.82. The average molecular weight is 255 g/mol. The molecule has 0 aliphatic rings. The molecule has 0 radical (unpaired) electrons. The molecule has 1 aromatic carbocycles. The fraction of sp³-hybridized carbons (Fsp3) is 0.462. The normalized spacial score (nSPS) is 12.2. The summed E-state index contributed by atoms with van der Waals surface area (Å²) < 4.78 is 0. The Morgan fingerprint density at radius 3 is 2.76 bits per heavy atom. The molecule has 0 bridgehead atoms. The number of nitrogens with zero attached hydrogens (tertiary/aromatic N) is 1. The Balaban J connectivity index is 2.77. The number of nitrogen functional groups attached to an aromatic ring is 1. The summed E-state index contributed by atoms with van der Waals surface area (Å²) >= 11 is 6.06.